The van der Waals surface area contributed by atoms with Crippen molar-refractivity contribution in [2.24, 2.45) is 5.10 Å². The summed E-state index contributed by atoms with van der Waals surface area (Å²) in [6, 6.07) is 10.6. The van der Waals surface area contributed by atoms with Gasteiger partial charge in [-0.05, 0) is 43.2 Å². The summed E-state index contributed by atoms with van der Waals surface area (Å²) in [6.07, 6.45) is 5.60. The molecular weight excluding hydrogens is 360 g/mol. The number of aryl methyl sites for hydroxylation is 1. The maximum Gasteiger partial charge on any atom is 0.159 e. The molecule has 29 heavy (non-hydrogen) atoms. The van der Waals surface area contributed by atoms with E-state index in [4.69, 9.17) is 5.10 Å². The van der Waals surface area contributed by atoms with Crippen LogP contribution in [0.25, 0.3) is 0 Å². The number of anilines is 1. The third kappa shape index (κ3) is 4.27. The Morgan fingerprint density at radius 1 is 1.07 bits per heavy atom. The minimum atomic E-state index is 0.782. The molecule has 1 aromatic heterocycles. The molecule has 2 aliphatic rings. The standard InChI is InChI=1S/C23H30N6/c1-4-11-28-18-29(25-23(28)21-8-6-10-24-16-21)17-26-12-14-27(15-13-26)22-9-5-7-19(2)20(22)3/h4-10,16H,1,11-15,17-18H2,2-3H3. The first-order chi connectivity index (χ1) is 14.2. The van der Waals surface area contributed by atoms with Gasteiger partial charge in [0.05, 0.1) is 6.67 Å². The number of aromatic nitrogens is 1. The minimum absolute atomic E-state index is 0.782. The number of pyridine rings is 1. The predicted octanol–water partition coefficient (Wildman–Crippen LogP) is 2.90. The molecule has 0 radical (unpaired) electrons. The van der Waals surface area contributed by atoms with Crippen molar-refractivity contribution in [1.29, 1.82) is 0 Å². The summed E-state index contributed by atoms with van der Waals surface area (Å²) in [5.41, 5.74) is 5.18. The minimum Gasteiger partial charge on any atom is -0.369 e. The molecule has 2 aliphatic heterocycles. The summed E-state index contributed by atoms with van der Waals surface area (Å²) >= 11 is 0. The van der Waals surface area contributed by atoms with Crippen molar-refractivity contribution in [2.45, 2.75) is 13.8 Å². The fourth-order valence-electron chi connectivity index (χ4n) is 4.04. The topological polar surface area (TPSA) is 38.2 Å². The molecule has 4 rings (SSSR count). The molecule has 6 nitrogen and oxygen atoms in total. The van der Waals surface area contributed by atoms with Crippen molar-refractivity contribution in [3.63, 3.8) is 0 Å². The Bertz CT molecular complexity index is 870. The number of nitrogens with zero attached hydrogens (tertiary/aromatic N) is 6. The highest BCUT2D eigenvalue weighted by Gasteiger charge is 2.26. The Morgan fingerprint density at radius 3 is 2.62 bits per heavy atom. The van der Waals surface area contributed by atoms with Gasteiger partial charge in [0.1, 0.15) is 6.67 Å². The van der Waals surface area contributed by atoms with Crippen LogP contribution in [0.5, 0.6) is 0 Å². The zero-order valence-electron chi connectivity index (χ0n) is 17.5. The van der Waals surface area contributed by atoms with E-state index in [-0.39, 0.29) is 0 Å². The molecule has 0 bridgehead atoms. The van der Waals surface area contributed by atoms with E-state index in [0.717, 1.165) is 57.5 Å². The second-order valence-electron chi connectivity index (χ2n) is 7.79. The number of hydrogen-bond acceptors (Lipinski definition) is 6. The van der Waals surface area contributed by atoms with E-state index in [1.165, 1.54) is 16.8 Å². The largest absolute Gasteiger partial charge is 0.369 e. The van der Waals surface area contributed by atoms with Crippen LogP contribution in [-0.4, -0.2) is 71.7 Å². The van der Waals surface area contributed by atoms with Gasteiger partial charge in [-0.2, -0.15) is 5.10 Å². The second-order valence-corrected chi connectivity index (χ2v) is 7.79. The molecule has 0 saturated carbocycles. The van der Waals surface area contributed by atoms with Crippen LogP contribution in [0.3, 0.4) is 0 Å². The molecule has 0 unspecified atom stereocenters. The number of piperazine rings is 1. The van der Waals surface area contributed by atoms with Crippen molar-refractivity contribution in [2.75, 3.05) is 51.0 Å². The molecule has 1 fully saturated rings. The SMILES string of the molecule is C=CCN1CN(CN2CCN(c3cccc(C)c3C)CC2)N=C1c1cccnc1. The van der Waals surface area contributed by atoms with E-state index in [2.05, 4.69) is 69.4 Å². The molecule has 152 valence electrons. The average Bonchev–Trinajstić information content (AvgIpc) is 3.14. The van der Waals surface area contributed by atoms with Crippen LogP contribution < -0.4 is 4.90 Å². The number of benzene rings is 1. The lowest BCUT2D eigenvalue weighted by Crippen LogP contribution is -2.49. The van der Waals surface area contributed by atoms with E-state index in [1.54, 1.807) is 6.20 Å². The van der Waals surface area contributed by atoms with Gasteiger partial charge in [-0.15, -0.1) is 6.58 Å². The molecule has 0 amide bonds. The number of hydrogen-bond donors (Lipinski definition) is 0. The van der Waals surface area contributed by atoms with Gasteiger partial charge in [0.2, 0.25) is 0 Å². The van der Waals surface area contributed by atoms with Crippen LogP contribution >= 0.6 is 0 Å². The monoisotopic (exact) mass is 390 g/mol. The van der Waals surface area contributed by atoms with E-state index >= 15 is 0 Å². The fraction of sp³-hybridized carbons (Fsp3) is 0.391. The van der Waals surface area contributed by atoms with E-state index < -0.39 is 0 Å². The van der Waals surface area contributed by atoms with Crippen LogP contribution in [0, 0.1) is 13.8 Å². The maximum absolute atomic E-state index is 4.89. The molecule has 1 saturated heterocycles. The van der Waals surface area contributed by atoms with Crippen LogP contribution in [0.4, 0.5) is 5.69 Å². The Morgan fingerprint density at radius 2 is 1.90 bits per heavy atom. The van der Waals surface area contributed by atoms with Gasteiger partial charge in [0, 0.05) is 56.4 Å². The predicted molar refractivity (Wildman–Crippen MR) is 119 cm³/mol. The zero-order valence-corrected chi connectivity index (χ0v) is 17.5. The Balaban J connectivity index is 1.38. The van der Waals surface area contributed by atoms with Gasteiger partial charge in [-0.1, -0.05) is 18.2 Å². The van der Waals surface area contributed by atoms with Gasteiger partial charge >= 0.3 is 0 Å². The lowest BCUT2D eigenvalue weighted by molar-refractivity contribution is 0.116. The van der Waals surface area contributed by atoms with Crippen molar-refractivity contribution in [3.05, 3.63) is 72.1 Å². The first-order valence-corrected chi connectivity index (χ1v) is 10.3. The normalized spacial score (nSPS) is 17.6. The lowest BCUT2D eigenvalue weighted by Gasteiger charge is -2.38. The molecular formula is C23H30N6. The summed E-state index contributed by atoms with van der Waals surface area (Å²) in [5, 5.41) is 7.04. The number of amidine groups is 1. The number of rotatable bonds is 6. The molecule has 1 aromatic carbocycles. The van der Waals surface area contributed by atoms with Gasteiger partial charge in [0.15, 0.2) is 5.84 Å². The second kappa shape index (κ2) is 8.66. The first-order valence-electron chi connectivity index (χ1n) is 10.3. The molecule has 3 heterocycles. The summed E-state index contributed by atoms with van der Waals surface area (Å²) < 4.78 is 0. The number of hydrazone groups is 1. The van der Waals surface area contributed by atoms with Crippen LogP contribution in [0.2, 0.25) is 0 Å². The highest BCUT2D eigenvalue weighted by atomic mass is 15.6. The van der Waals surface area contributed by atoms with Crippen molar-refractivity contribution in [3.8, 4) is 0 Å². The van der Waals surface area contributed by atoms with E-state index in [1.807, 2.05) is 18.3 Å². The molecule has 2 aromatic rings. The van der Waals surface area contributed by atoms with Gasteiger partial charge in [0.25, 0.3) is 0 Å². The first kappa shape index (κ1) is 19.5. The van der Waals surface area contributed by atoms with E-state index in [0.29, 0.717) is 0 Å². The molecule has 0 aliphatic carbocycles. The summed E-state index contributed by atoms with van der Waals surface area (Å²) in [7, 11) is 0. The zero-order chi connectivity index (χ0) is 20.2. The smallest absolute Gasteiger partial charge is 0.159 e. The van der Waals surface area contributed by atoms with Crippen molar-refractivity contribution < 1.29 is 0 Å². The Hall–Kier alpha value is -2.86. The highest BCUT2D eigenvalue weighted by Crippen LogP contribution is 2.24. The van der Waals surface area contributed by atoms with Gasteiger partial charge < -0.3 is 9.80 Å². The quantitative estimate of drug-likeness (QED) is 0.709. The molecule has 0 atom stereocenters. The van der Waals surface area contributed by atoms with Gasteiger partial charge in [-0.3, -0.25) is 14.9 Å². The third-order valence-electron chi connectivity index (χ3n) is 5.79. The third-order valence-corrected chi connectivity index (χ3v) is 5.79. The summed E-state index contributed by atoms with van der Waals surface area (Å²) in [5.74, 6) is 0.979. The maximum atomic E-state index is 4.89. The van der Waals surface area contributed by atoms with Crippen molar-refractivity contribution in [1.82, 2.24) is 19.8 Å². The van der Waals surface area contributed by atoms with Crippen molar-refractivity contribution >= 4 is 11.5 Å². The average molecular weight is 391 g/mol. The molecule has 0 spiro atoms. The Labute approximate surface area is 173 Å². The Kier molecular flexibility index (Phi) is 5.81. The van der Waals surface area contributed by atoms with Crippen LogP contribution in [0.1, 0.15) is 16.7 Å². The molecule has 6 heteroatoms. The lowest BCUT2D eigenvalue weighted by atomic mass is 10.1. The van der Waals surface area contributed by atoms with Crippen LogP contribution in [0.15, 0.2) is 60.5 Å². The van der Waals surface area contributed by atoms with Gasteiger partial charge in [-0.25, -0.2) is 0 Å². The van der Waals surface area contributed by atoms with Crippen LogP contribution in [-0.2, 0) is 0 Å². The highest BCUT2D eigenvalue weighted by molar-refractivity contribution is 5.99. The van der Waals surface area contributed by atoms with E-state index in [9.17, 15) is 0 Å². The molecule has 0 N–H and O–H groups in total. The summed E-state index contributed by atoms with van der Waals surface area (Å²) in [6.45, 7) is 14.9. The fourth-order valence-corrected chi connectivity index (χ4v) is 4.04. The summed E-state index contributed by atoms with van der Waals surface area (Å²) in [4.78, 5) is 11.5.